The van der Waals surface area contributed by atoms with Crippen molar-refractivity contribution in [1.82, 2.24) is 0 Å². The highest BCUT2D eigenvalue weighted by Gasteiger charge is 2.43. The molecule has 2 aliphatic carbocycles. The molecule has 0 heterocycles. The van der Waals surface area contributed by atoms with E-state index in [0.29, 0.717) is 0 Å². The van der Waals surface area contributed by atoms with E-state index >= 15 is 0 Å². The van der Waals surface area contributed by atoms with Crippen LogP contribution in [0.1, 0.15) is 58.3 Å². The topological polar surface area (TPSA) is 0 Å². The lowest BCUT2D eigenvalue weighted by molar-refractivity contribution is 0.202. The third-order valence-electron chi connectivity index (χ3n) is 4.19. The summed E-state index contributed by atoms with van der Waals surface area (Å²) in [6, 6.07) is 0. The van der Waals surface area contributed by atoms with E-state index in [2.05, 4.69) is 6.92 Å². The van der Waals surface area contributed by atoms with Gasteiger partial charge in [-0.25, -0.2) is 0 Å². The Bertz CT molecular complexity index is 125. The van der Waals surface area contributed by atoms with Gasteiger partial charge in [-0.2, -0.15) is 0 Å². The molecule has 0 radical (unpaired) electrons. The molecule has 0 aromatic rings. The van der Waals surface area contributed by atoms with Crippen molar-refractivity contribution < 1.29 is 0 Å². The van der Waals surface area contributed by atoms with Crippen LogP contribution >= 0.6 is 0 Å². The molecular formula is C11H20. The van der Waals surface area contributed by atoms with Crippen molar-refractivity contribution in [3.8, 4) is 0 Å². The highest BCUT2D eigenvalue weighted by molar-refractivity contribution is 4.94. The standard InChI is InChI=1S/C11H20/c1-2-10-6-5-9-11(10)7-3-4-8-11/h10H,2-9H2,1H3. The van der Waals surface area contributed by atoms with Crippen molar-refractivity contribution in [1.29, 1.82) is 0 Å². The Labute approximate surface area is 70.4 Å². The number of hydrogen-bond acceptors (Lipinski definition) is 0. The van der Waals surface area contributed by atoms with E-state index in [1.54, 1.807) is 19.3 Å². The van der Waals surface area contributed by atoms with Gasteiger partial charge in [-0.3, -0.25) is 0 Å². The van der Waals surface area contributed by atoms with Crippen LogP contribution in [-0.4, -0.2) is 0 Å². The lowest BCUT2D eigenvalue weighted by atomic mass is 9.75. The van der Waals surface area contributed by atoms with Crippen molar-refractivity contribution in [2.75, 3.05) is 0 Å². The second kappa shape index (κ2) is 2.80. The molecule has 0 N–H and O–H groups in total. The molecule has 0 heteroatoms. The summed E-state index contributed by atoms with van der Waals surface area (Å²) in [5.41, 5.74) is 0.856. The molecule has 0 aromatic heterocycles. The zero-order valence-corrected chi connectivity index (χ0v) is 7.73. The van der Waals surface area contributed by atoms with E-state index in [9.17, 15) is 0 Å². The molecule has 0 nitrogen and oxygen atoms in total. The molecule has 1 spiro atoms. The fourth-order valence-electron chi connectivity index (χ4n) is 3.59. The first-order chi connectivity index (χ1) is 5.37. The fourth-order valence-corrected chi connectivity index (χ4v) is 3.59. The Morgan fingerprint density at radius 2 is 1.73 bits per heavy atom. The van der Waals surface area contributed by atoms with Crippen LogP contribution < -0.4 is 0 Å². The molecule has 0 amide bonds. The normalized spacial score (nSPS) is 35.2. The summed E-state index contributed by atoms with van der Waals surface area (Å²) in [7, 11) is 0. The molecular weight excluding hydrogens is 132 g/mol. The van der Waals surface area contributed by atoms with Crippen molar-refractivity contribution >= 4 is 0 Å². The van der Waals surface area contributed by atoms with E-state index in [1.807, 2.05) is 0 Å². The minimum atomic E-state index is 0.856. The van der Waals surface area contributed by atoms with Gasteiger partial charge in [0, 0.05) is 0 Å². The third kappa shape index (κ3) is 1.11. The van der Waals surface area contributed by atoms with Gasteiger partial charge in [0.1, 0.15) is 0 Å². The molecule has 0 bridgehead atoms. The average Bonchev–Trinajstić information content (AvgIpc) is 2.62. The molecule has 0 saturated heterocycles. The van der Waals surface area contributed by atoms with E-state index in [-0.39, 0.29) is 0 Å². The first-order valence-corrected chi connectivity index (χ1v) is 5.37. The maximum absolute atomic E-state index is 2.38. The molecule has 2 fully saturated rings. The largest absolute Gasteiger partial charge is 0.0651 e. The Morgan fingerprint density at radius 1 is 1.09 bits per heavy atom. The van der Waals surface area contributed by atoms with Crippen molar-refractivity contribution in [2.45, 2.75) is 58.3 Å². The smallest absolute Gasteiger partial charge is 0.0269 e. The first-order valence-electron chi connectivity index (χ1n) is 5.37. The Hall–Kier alpha value is 0. The zero-order chi connectivity index (χ0) is 7.73. The van der Waals surface area contributed by atoms with Crippen LogP contribution in [0.4, 0.5) is 0 Å². The van der Waals surface area contributed by atoms with Gasteiger partial charge in [0.2, 0.25) is 0 Å². The summed E-state index contributed by atoms with van der Waals surface area (Å²) in [5.74, 6) is 1.10. The lowest BCUT2D eigenvalue weighted by Gasteiger charge is -2.30. The maximum atomic E-state index is 2.38. The third-order valence-corrected chi connectivity index (χ3v) is 4.19. The summed E-state index contributed by atoms with van der Waals surface area (Å²) in [6.45, 7) is 2.38. The minimum absolute atomic E-state index is 0.856. The van der Waals surface area contributed by atoms with Crippen molar-refractivity contribution in [3.63, 3.8) is 0 Å². The zero-order valence-electron chi connectivity index (χ0n) is 7.73. The van der Waals surface area contributed by atoms with Gasteiger partial charge in [-0.15, -0.1) is 0 Å². The van der Waals surface area contributed by atoms with Gasteiger partial charge >= 0.3 is 0 Å². The molecule has 2 saturated carbocycles. The van der Waals surface area contributed by atoms with Crippen LogP contribution in [0.15, 0.2) is 0 Å². The predicted molar refractivity (Wildman–Crippen MR) is 48.5 cm³/mol. The van der Waals surface area contributed by atoms with Crippen molar-refractivity contribution in [2.24, 2.45) is 11.3 Å². The maximum Gasteiger partial charge on any atom is -0.0269 e. The Morgan fingerprint density at radius 3 is 2.36 bits per heavy atom. The molecule has 1 unspecified atom stereocenters. The Kier molecular flexibility index (Phi) is 1.95. The average molecular weight is 152 g/mol. The van der Waals surface area contributed by atoms with E-state index < -0.39 is 0 Å². The van der Waals surface area contributed by atoms with Crippen LogP contribution in [0.2, 0.25) is 0 Å². The van der Waals surface area contributed by atoms with Crippen LogP contribution in [-0.2, 0) is 0 Å². The highest BCUT2D eigenvalue weighted by Crippen LogP contribution is 2.55. The van der Waals surface area contributed by atoms with E-state index in [1.165, 1.54) is 32.1 Å². The summed E-state index contributed by atoms with van der Waals surface area (Å²) in [4.78, 5) is 0. The quantitative estimate of drug-likeness (QED) is 0.536. The first kappa shape index (κ1) is 7.64. The van der Waals surface area contributed by atoms with Gasteiger partial charge in [-0.05, 0) is 37.0 Å². The predicted octanol–water partition coefficient (Wildman–Crippen LogP) is 3.76. The molecule has 0 aromatic carbocycles. The fraction of sp³-hybridized carbons (Fsp3) is 1.00. The van der Waals surface area contributed by atoms with Gasteiger partial charge in [0.15, 0.2) is 0 Å². The molecule has 2 rings (SSSR count). The molecule has 1 atom stereocenters. The number of rotatable bonds is 1. The van der Waals surface area contributed by atoms with E-state index in [4.69, 9.17) is 0 Å². The van der Waals surface area contributed by atoms with Crippen LogP contribution in [0.5, 0.6) is 0 Å². The summed E-state index contributed by atoms with van der Waals surface area (Å²) in [6.07, 6.45) is 12.2. The SMILES string of the molecule is CCC1CCCC12CCCC2. The highest BCUT2D eigenvalue weighted by atomic mass is 14.5. The van der Waals surface area contributed by atoms with Gasteiger partial charge in [0.05, 0.1) is 0 Å². The summed E-state index contributed by atoms with van der Waals surface area (Å²) < 4.78 is 0. The van der Waals surface area contributed by atoms with E-state index in [0.717, 1.165) is 11.3 Å². The molecule has 2 aliphatic rings. The number of hydrogen-bond donors (Lipinski definition) is 0. The summed E-state index contributed by atoms with van der Waals surface area (Å²) >= 11 is 0. The second-order valence-electron chi connectivity index (χ2n) is 4.57. The van der Waals surface area contributed by atoms with Gasteiger partial charge in [-0.1, -0.05) is 32.6 Å². The Balaban J connectivity index is 2.09. The van der Waals surface area contributed by atoms with Gasteiger partial charge in [0.25, 0.3) is 0 Å². The summed E-state index contributed by atoms with van der Waals surface area (Å²) in [5, 5.41) is 0. The van der Waals surface area contributed by atoms with Crippen molar-refractivity contribution in [3.05, 3.63) is 0 Å². The van der Waals surface area contributed by atoms with Crippen LogP contribution in [0.25, 0.3) is 0 Å². The molecule has 64 valence electrons. The van der Waals surface area contributed by atoms with Crippen LogP contribution in [0, 0.1) is 11.3 Å². The molecule has 0 aliphatic heterocycles. The van der Waals surface area contributed by atoms with Gasteiger partial charge < -0.3 is 0 Å². The monoisotopic (exact) mass is 152 g/mol. The lowest BCUT2D eigenvalue weighted by Crippen LogP contribution is -2.20. The molecule has 11 heavy (non-hydrogen) atoms. The minimum Gasteiger partial charge on any atom is -0.0651 e. The second-order valence-corrected chi connectivity index (χ2v) is 4.57. The van der Waals surface area contributed by atoms with Crippen LogP contribution in [0.3, 0.4) is 0 Å².